The molecule has 0 spiro atoms. The average Bonchev–Trinajstić information content (AvgIpc) is 3.62. The van der Waals surface area contributed by atoms with Gasteiger partial charge in [0.05, 0.1) is 25.1 Å². The summed E-state index contributed by atoms with van der Waals surface area (Å²) in [7, 11) is 0. The molecule has 4 aromatic rings. The topological polar surface area (TPSA) is 67.6 Å². The van der Waals surface area contributed by atoms with Crippen LogP contribution in [0.1, 0.15) is 29.9 Å². The van der Waals surface area contributed by atoms with Crippen molar-refractivity contribution in [2.45, 2.75) is 25.3 Å². The van der Waals surface area contributed by atoms with Gasteiger partial charge in [-0.1, -0.05) is 30.3 Å². The predicted molar refractivity (Wildman–Crippen MR) is 125 cm³/mol. The highest BCUT2D eigenvalue weighted by Crippen LogP contribution is 2.42. The number of anilines is 2. The fraction of sp³-hybridized carbons (Fsp3) is 0.320. The number of hydrogen-bond acceptors (Lipinski definition) is 6. The molecule has 1 aliphatic heterocycles. The van der Waals surface area contributed by atoms with Gasteiger partial charge in [0.25, 0.3) is 0 Å². The Labute approximate surface area is 187 Å². The third kappa shape index (κ3) is 3.80. The third-order valence-electron chi connectivity index (χ3n) is 6.23. The maximum Gasteiger partial charge on any atom is 0.163 e. The van der Waals surface area contributed by atoms with E-state index in [1.165, 1.54) is 24.0 Å². The molecule has 0 unspecified atom stereocenters. The number of morpholine rings is 1. The van der Waals surface area contributed by atoms with E-state index in [1.54, 1.807) is 0 Å². The molecule has 7 heteroatoms. The van der Waals surface area contributed by atoms with Crippen molar-refractivity contribution < 1.29 is 4.74 Å². The van der Waals surface area contributed by atoms with Gasteiger partial charge < -0.3 is 15.0 Å². The lowest BCUT2D eigenvalue weighted by atomic mass is 10.1. The second kappa shape index (κ2) is 8.24. The Balaban J connectivity index is 1.27. The van der Waals surface area contributed by atoms with E-state index in [4.69, 9.17) is 9.72 Å². The largest absolute Gasteiger partial charge is 0.378 e. The van der Waals surface area contributed by atoms with Crippen LogP contribution in [0.25, 0.3) is 16.9 Å². The zero-order valence-electron chi connectivity index (χ0n) is 17.9. The molecule has 0 atom stereocenters. The molecule has 162 valence electrons. The minimum atomic E-state index is 0.604. The van der Waals surface area contributed by atoms with Crippen LogP contribution in [0.5, 0.6) is 0 Å². The second-order valence-electron chi connectivity index (χ2n) is 8.47. The van der Waals surface area contributed by atoms with Crippen molar-refractivity contribution >= 4 is 17.3 Å². The standard InChI is InChI=1S/C25H26N6O/c1-2-10-26-22(3-1)20-6-4-18(5-7-20)16-27-23-15-24(30-11-13-32-14-12-30)29-25-21(19-8-9-19)17-28-31(23)25/h1-7,10,15,17,19,27H,8-9,11-14,16H2. The molecular weight excluding hydrogens is 400 g/mol. The Kier molecular flexibility index (Phi) is 4.96. The molecule has 1 saturated heterocycles. The van der Waals surface area contributed by atoms with Crippen LogP contribution in [0.15, 0.2) is 60.9 Å². The Morgan fingerprint density at radius 3 is 2.62 bits per heavy atom. The first kappa shape index (κ1) is 19.3. The van der Waals surface area contributed by atoms with Crippen LogP contribution in [0.3, 0.4) is 0 Å². The molecular formula is C25H26N6O. The molecule has 2 fully saturated rings. The number of pyridine rings is 1. The Morgan fingerprint density at radius 2 is 1.88 bits per heavy atom. The van der Waals surface area contributed by atoms with Gasteiger partial charge in [-0.15, -0.1) is 0 Å². The molecule has 4 heterocycles. The maximum absolute atomic E-state index is 5.54. The van der Waals surface area contributed by atoms with Crippen LogP contribution in [0.4, 0.5) is 11.6 Å². The highest BCUT2D eigenvalue weighted by molar-refractivity contribution is 5.63. The summed E-state index contributed by atoms with van der Waals surface area (Å²) in [5.41, 5.74) is 5.56. The summed E-state index contributed by atoms with van der Waals surface area (Å²) in [6.45, 7) is 3.93. The van der Waals surface area contributed by atoms with E-state index in [9.17, 15) is 0 Å². The Hall–Kier alpha value is -3.45. The molecule has 2 aliphatic rings. The zero-order chi connectivity index (χ0) is 21.3. The number of benzene rings is 1. The van der Waals surface area contributed by atoms with E-state index in [0.717, 1.165) is 54.8 Å². The molecule has 1 aliphatic carbocycles. The number of ether oxygens (including phenoxy) is 1. The first-order valence-electron chi connectivity index (χ1n) is 11.3. The van der Waals surface area contributed by atoms with Gasteiger partial charge in [-0.3, -0.25) is 4.98 Å². The van der Waals surface area contributed by atoms with Gasteiger partial charge in [0.2, 0.25) is 0 Å². The number of nitrogens with zero attached hydrogens (tertiary/aromatic N) is 5. The molecule has 3 aromatic heterocycles. The fourth-order valence-electron chi connectivity index (χ4n) is 4.25. The lowest BCUT2D eigenvalue weighted by Crippen LogP contribution is -2.37. The molecule has 0 amide bonds. The summed E-state index contributed by atoms with van der Waals surface area (Å²) >= 11 is 0. The minimum absolute atomic E-state index is 0.604. The van der Waals surface area contributed by atoms with Gasteiger partial charge in [0, 0.05) is 43.0 Å². The van der Waals surface area contributed by atoms with E-state index >= 15 is 0 Å². The summed E-state index contributed by atoms with van der Waals surface area (Å²) in [6, 6.07) is 16.6. The molecule has 0 radical (unpaired) electrons. The number of nitrogens with one attached hydrogen (secondary N) is 1. The summed E-state index contributed by atoms with van der Waals surface area (Å²) in [5.74, 6) is 2.57. The molecule has 7 nitrogen and oxygen atoms in total. The zero-order valence-corrected chi connectivity index (χ0v) is 17.9. The fourth-order valence-corrected chi connectivity index (χ4v) is 4.25. The van der Waals surface area contributed by atoms with Gasteiger partial charge in [-0.2, -0.15) is 9.61 Å². The highest BCUT2D eigenvalue weighted by Gasteiger charge is 2.28. The SMILES string of the molecule is c1ccc(-c2ccc(CNc3cc(N4CCOCC4)nc4c(C5CC5)cnn34)cc2)nc1. The van der Waals surface area contributed by atoms with Crippen molar-refractivity contribution in [1.29, 1.82) is 0 Å². The number of fused-ring (bicyclic) bond motifs is 1. The monoisotopic (exact) mass is 426 g/mol. The summed E-state index contributed by atoms with van der Waals surface area (Å²) in [6.07, 6.45) is 6.29. The van der Waals surface area contributed by atoms with E-state index < -0.39 is 0 Å². The first-order chi connectivity index (χ1) is 15.8. The summed E-state index contributed by atoms with van der Waals surface area (Å²) < 4.78 is 7.49. The van der Waals surface area contributed by atoms with Crippen molar-refractivity contribution in [2.75, 3.05) is 36.5 Å². The van der Waals surface area contributed by atoms with Crippen LogP contribution >= 0.6 is 0 Å². The summed E-state index contributed by atoms with van der Waals surface area (Å²) in [5, 5.41) is 8.27. The van der Waals surface area contributed by atoms with Crippen molar-refractivity contribution in [1.82, 2.24) is 19.6 Å². The van der Waals surface area contributed by atoms with Gasteiger partial charge in [0.15, 0.2) is 5.65 Å². The van der Waals surface area contributed by atoms with E-state index in [1.807, 2.05) is 35.1 Å². The first-order valence-corrected chi connectivity index (χ1v) is 11.3. The lowest BCUT2D eigenvalue weighted by molar-refractivity contribution is 0.122. The van der Waals surface area contributed by atoms with Crippen LogP contribution < -0.4 is 10.2 Å². The van der Waals surface area contributed by atoms with E-state index in [2.05, 4.69) is 50.6 Å². The van der Waals surface area contributed by atoms with Crippen LogP contribution in [-0.2, 0) is 11.3 Å². The normalized spacial score (nSPS) is 16.4. The predicted octanol–water partition coefficient (Wildman–Crippen LogP) is 4.12. The highest BCUT2D eigenvalue weighted by atomic mass is 16.5. The molecule has 1 aromatic carbocycles. The van der Waals surface area contributed by atoms with Gasteiger partial charge in [0.1, 0.15) is 11.6 Å². The Bertz CT molecular complexity index is 1210. The van der Waals surface area contributed by atoms with Crippen LogP contribution in [0.2, 0.25) is 0 Å². The van der Waals surface area contributed by atoms with Crippen molar-refractivity contribution in [3.05, 3.63) is 72.1 Å². The van der Waals surface area contributed by atoms with E-state index in [0.29, 0.717) is 12.5 Å². The number of aromatic nitrogens is 4. The molecule has 6 rings (SSSR count). The molecule has 1 N–H and O–H groups in total. The number of hydrogen-bond donors (Lipinski definition) is 1. The van der Waals surface area contributed by atoms with Crippen LogP contribution in [-0.4, -0.2) is 45.9 Å². The lowest BCUT2D eigenvalue weighted by Gasteiger charge is -2.28. The third-order valence-corrected chi connectivity index (χ3v) is 6.23. The van der Waals surface area contributed by atoms with Gasteiger partial charge in [-0.05, 0) is 36.5 Å². The summed E-state index contributed by atoms with van der Waals surface area (Å²) in [4.78, 5) is 11.7. The van der Waals surface area contributed by atoms with Crippen molar-refractivity contribution in [2.24, 2.45) is 0 Å². The smallest absolute Gasteiger partial charge is 0.163 e. The van der Waals surface area contributed by atoms with Crippen molar-refractivity contribution in [3.8, 4) is 11.3 Å². The quantitative estimate of drug-likeness (QED) is 0.500. The average molecular weight is 427 g/mol. The van der Waals surface area contributed by atoms with Crippen molar-refractivity contribution in [3.63, 3.8) is 0 Å². The Morgan fingerprint density at radius 1 is 1.03 bits per heavy atom. The number of rotatable bonds is 6. The molecule has 1 saturated carbocycles. The van der Waals surface area contributed by atoms with Gasteiger partial charge >= 0.3 is 0 Å². The minimum Gasteiger partial charge on any atom is -0.378 e. The second-order valence-corrected chi connectivity index (χ2v) is 8.47. The van der Waals surface area contributed by atoms with Crippen LogP contribution in [0, 0.1) is 0 Å². The molecule has 0 bridgehead atoms. The van der Waals surface area contributed by atoms with E-state index in [-0.39, 0.29) is 0 Å². The molecule has 32 heavy (non-hydrogen) atoms. The van der Waals surface area contributed by atoms with Gasteiger partial charge in [-0.25, -0.2) is 4.98 Å². The maximum atomic E-state index is 5.54.